The number of alkyl halides is 3. The van der Waals surface area contributed by atoms with Crippen LogP contribution in [0.1, 0.15) is 31.9 Å². The van der Waals surface area contributed by atoms with Gasteiger partial charge in [-0.15, -0.1) is 0 Å². The fraction of sp³-hybridized carbons (Fsp3) is 0.462. The standard InChI is InChI=1S/C13H16F3NO2/c1-4-19-11(18)12(2,3)9-6-5-8(7-10(9)17)13(14,15)16/h5-7H,4,17H2,1-3H3. The van der Waals surface area contributed by atoms with Crippen molar-refractivity contribution in [2.24, 2.45) is 0 Å². The second kappa shape index (κ2) is 5.11. The number of carbonyl (C=O) groups excluding carboxylic acids is 1. The van der Waals surface area contributed by atoms with Crippen molar-refractivity contribution < 1.29 is 22.7 Å². The first-order chi connectivity index (χ1) is 8.60. The second-order valence-corrected chi connectivity index (χ2v) is 4.65. The van der Waals surface area contributed by atoms with Crippen LogP contribution in [0.5, 0.6) is 0 Å². The number of rotatable bonds is 3. The number of nitrogens with two attached hydrogens (primary N) is 1. The Kier molecular flexibility index (Phi) is 4.12. The lowest BCUT2D eigenvalue weighted by Gasteiger charge is -2.25. The van der Waals surface area contributed by atoms with Crippen molar-refractivity contribution in [2.75, 3.05) is 12.3 Å². The Balaban J connectivity index is 3.19. The third-order valence-electron chi connectivity index (χ3n) is 2.84. The smallest absolute Gasteiger partial charge is 0.416 e. The molecule has 0 aliphatic carbocycles. The van der Waals surface area contributed by atoms with Gasteiger partial charge in [0.1, 0.15) is 0 Å². The average Bonchev–Trinajstić information content (AvgIpc) is 2.27. The fourth-order valence-corrected chi connectivity index (χ4v) is 1.73. The van der Waals surface area contributed by atoms with E-state index >= 15 is 0 Å². The number of carbonyl (C=O) groups is 1. The molecule has 0 saturated heterocycles. The predicted molar refractivity (Wildman–Crippen MR) is 65.5 cm³/mol. The zero-order chi connectivity index (χ0) is 14.8. The summed E-state index contributed by atoms with van der Waals surface area (Å²) in [6.07, 6.45) is -4.46. The molecule has 0 radical (unpaired) electrons. The van der Waals surface area contributed by atoms with E-state index in [-0.39, 0.29) is 12.3 Å². The summed E-state index contributed by atoms with van der Waals surface area (Å²) >= 11 is 0. The third-order valence-corrected chi connectivity index (χ3v) is 2.84. The van der Waals surface area contributed by atoms with Crippen LogP contribution < -0.4 is 5.73 Å². The molecule has 0 bridgehead atoms. The van der Waals surface area contributed by atoms with Gasteiger partial charge in [-0.3, -0.25) is 4.79 Å². The highest BCUT2D eigenvalue weighted by molar-refractivity contribution is 5.84. The Hall–Kier alpha value is -1.72. The van der Waals surface area contributed by atoms with Gasteiger partial charge in [0.15, 0.2) is 0 Å². The SMILES string of the molecule is CCOC(=O)C(C)(C)c1ccc(C(F)(F)F)cc1N. The van der Waals surface area contributed by atoms with E-state index in [1.807, 2.05) is 0 Å². The molecule has 0 fully saturated rings. The molecule has 0 atom stereocenters. The van der Waals surface area contributed by atoms with E-state index in [4.69, 9.17) is 10.5 Å². The van der Waals surface area contributed by atoms with Gasteiger partial charge in [-0.05, 0) is 38.5 Å². The minimum Gasteiger partial charge on any atom is -0.465 e. The Labute approximate surface area is 109 Å². The molecule has 0 unspecified atom stereocenters. The van der Waals surface area contributed by atoms with Crippen molar-refractivity contribution in [3.8, 4) is 0 Å². The van der Waals surface area contributed by atoms with Crippen LogP contribution in [0, 0.1) is 0 Å². The number of hydrogen-bond acceptors (Lipinski definition) is 3. The van der Waals surface area contributed by atoms with Crippen molar-refractivity contribution in [1.29, 1.82) is 0 Å². The van der Waals surface area contributed by atoms with Crippen molar-refractivity contribution in [2.45, 2.75) is 32.4 Å². The third kappa shape index (κ3) is 3.19. The van der Waals surface area contributed by atoms with Gasteiger partial charge in [-0.1, -0.05) is 6.07 Å². The fourth-order valence-electron chi connectivity index (χ4n) is 1.73. The minimum absolute atomic E-state index is 0.0760. The summed E-state index contributed by atoms with van der Waals surface area (Å²) < 4.78 is 42.5. The zero-order valence-corrected chi connectivity index (χ0v) is 11.0. The number of hydrogen-bond donors (Lipinski definition) is 1. The van der Waals surface area contributed by atoms with Gasteiger partial charge in [-0.2, -0.15) is 13.2 Å². The quantitative estimate of drug-likeness (QED) is 0.681. The summed E-state index contributed by atoms with van der Waals surface area (Å²) in [4.78, 5) is 11.8. The first-order valence-corrected chi connectivity index (χ1v) is 5.75. The maximum absolute atomic E-state index is 12.5. The van der Waals surface area contributed by atoms with Gasteiger partial charge in [0.25, 0.3) is 0 Å². The lowest BCUT2D eigenvalue weighted by Crippen LogP contribution is -2.32. The molecular weight excluding hydrogens is 259 g/mol. The van der Waals surface area contributed by atoms with Gasteiger partial charge in [0, 0.05) is 5.69 Å². The molecule has 0 spiro atoms. The minimum atomic E-state index is -4.46. The van der Waals surface area contributed by atoms with E-state index < -0.39 is 23.1 Å². The van der Waals surface area contributed by atoms with Crippen LogP contribution >= 0.6 is 0 Å². The van der Waals surface area contributed by atoms with Crippen LogP contribution in [0.15, 0.2) is 18.2 Å². The molecule has 0 aromatic heterocycles. The average molecular weight is 275 g/mol. The first kappa shape index (κ1) is 15.3. The number of benzene rings is 1. The van der Waals surface area contributed by atoms with Gasteiger partial charge >= 0.3 is 12.1 Å². The number of ether oxygens (including phenoxy) is 1. The lowest BCUT2D eigenvalue weighted by atomic mass is 9.83. The first-order valence-electron chi connectivity index (χ1n) is 5.75. The second-order valence-electron chi connectivity index (χ2n) is 4.65. The summed E-state index contributed by atoms with van der Waals surface area (Å²) in [6, 6.07) is 2.96. The van der Waals surface area contributed by atoms with E-state index in [2.05, 4.69) is 0 Å². The topological polar surface area (TPSA) is 52.3 Å². The summed E-state index contributed by atoms with van der Waals surface area (Å²) in [5, 5.41) is 0. The van der Waals surface area contributed by atoms with Crippen LogP contribution in [-0.2, 0) is 21.1 Å². The molecule has 0 heterocycles. The number of halogens is 3. The lowest BCUT2D eigenvalue weighted by molar-refractivity contribution is -0.148. The Morgan fingerprint density at radius 3 is 2.32 bits per heavy atom. The summed E-state index contributed by atoms with van der Waals surface area (Å²) in [6.45, 7) is 4.97. The van der Waals surface area contributed by atoms with E-state index in [0.29, 0.717) is 5.56 Å². The van der Waals surface area contributed by atoms with Crippen LogP contribution in [0.25, 0.3) is 0 Å². The molecule has 1 aromatic rings. The largest absolute Gasteiger partial charge is 0.465 e. The van der Waals surface area contributed by atoms with Gasteiger partial charge < -0.3 is 10.5 Å². The molecule has 19 heavy (non-hydrogen) atoms. The van der Waals surface area contributed by atoms with Crippen LogP contribution in [0.2, 0.25) is 0 Å². The summed E-state index contributed by atoms with van der Waals surface area (Å²) in [5.74, 6) is -0.526. The van der Waals surface area contributed by atoms with Crippen molar-refractivity contribution >= 4 is 11.7 Å². The summed E-state index contributed by atoms with van der Waals surface area (Å²) in [7, 11) is 0. The molecule has 6 heteroatoms. The molecule has 0 aliphatic rings. The number of nitrogen functional groups attached to an aromatic ring is 1. The molecular formula is C13H16F3NO2. The molecule has 3 nitrogen and oxygen atoms in total. The maximum atomic E-state index is 12.5. The predicted octanol–water partition coefficient (Wildman–Crippen LogP) is 3.13. The van der Waals surface area contributed by atoms with Crippen LogP contribution in [-0.4, -0.2) is 12.6 Å². The highest BCUT2D eigenvalue weighted by atomic mass is 19.4. The van der Waals surface area contributed by atoms with E-state index in [1.54, 1.807) is 20.8 Å². The molecule has 2 N–H and O–H groups in total. The molecule has 0 amide bonds. The molecule has 106 valence electrons. The maximum Gasteiger partial charge on any atom is 0.416 e. The van der Waals surface area contributed by atoms with Gasteiger partial charge in [0.2, 0.25) is 0 Å². The summed E-state index contributed by atoms with van der Waals surface area (Å²) in [5.41, 5.74) is 3.94. The van der Waals surface area contributed by atoms with Crippen LogP contribution in [0.4, 0.5) is 18.9 Å². The highest BCUT2D eigenvalue weighted by Crippen LogP contribution is 2.35. The number of esters is 1. The molecule has 1 rings (SSSR count). The van der Waals surface area contributed by atoms with Crippen molar-refractivity contribution in [3.63, 3.8) is 0 Å². The Morgan fingerprint density at radius 1 is 1.32 bits per heavy atom. The van der Waals surface area contributed by atoms with E-state index in [1.165, 1.54) is 6.07 Å². The van der Waals surface area contributed by atoms with E-state index in [0.717, 1.165) is 12.1 Å². The monoisotopic (exact) mass is 275 g/mol. The highest BCUT2D eigenvalue weighted by Gasteiger charge is 2.36. The van der Waals surface area contributed by atoms with Gasteiger partial charge in [-0.25, -0.2) is 0 Å². The van der Waals surface area contributed by atoms with Crippen LogP contribution in [0.3, 0.4) is 0 Å². The Bertz CT molecular complexity index is 481. The Morgan fingerprint density at radius 2 is 1.89 bits per heavy atom. The van der Waals surface area contributed by atoms with E-state index in [9.17, 15) is 18.0 Å². The normalized spacial score (nSPS) is 12.3. The van der Waals surface area contributed by atoms with Gasteiger partial charge in [0.05, 0.1) is 17.6 Å². The molecule has 1 aromatic carbocycles. The van der Waals surface area contributed by atoms with Crippen molar-refractivity contribution in [1.82, 2.24) is 0 Å². The van der Waals surface area contributed by atoms with Crippen molar-refractivity contribution in [3.05, 3.63) is 29.3 Å². The zero-order valence-electron chi connectivity index (χ0n) is 11.0. The number of anilines is 1. The molecule has 0 aliphatic heterocycles. The molecule has 0 saturated carbocycles.